The number of hydrogen-bond donors (Lipinski definition) is 1. The zero-order valence-electron chi connectivity index (χ0n) is 19.1. The number of aromatic nitrogens is 2. The van der Waals surface area contributed by atoms with Crippen LogP contribution >= 0.6 is 0 Å². The SMILES string of the molecule is Cc1ccc(-c2ccncc2)c(C(=O)N2CCCC(C)C2CNc2ccc(C(F)(F)F)cn2)c1. The predicted molar refractivity (Wildman–Crippen MR) is 125 cm³/mol. The van der Waals surface area contributed by atoms with E-state index >= 15 is 0 Å². The molecule has 4 rings (SSSR count). The number of benzene rings is 1. The fourth-order valence-electron chi connectivity index (χ4n) is 4.46. The lowest BCUT2D eigenvalue weighted by atomic mass is 9.89. The van der Waals surface area contributed by atoms with Crippen LogP contribution in [0.5, 0.6) is 0 Å². The lowest BCUT2D eigenvalue weighted by molar-refractivity contribution is -0.137. The van der Waals surface area contributed by atoms with Crippen LogP contribution in [-0.4, -0.2) is 39.9 Å². The number of alkyl halides is 3. The van der Waals surface area contributed by atoms with Gasteiger partial charge in [0.25, 0.3) is 5.91 Å². The molecule has 0 spiro atoms. The largest absolute Gasteiger partial charge is 0.417 e. The topological polar surface area (TPSA) is 58.1 Å². The molecule has 0 saturated carbocycles. The van der Waals surface area contributed by atoms with Crippen molar-refractivity contribution in [3.63, 3.8) is 0 Å². The molecule has 2 atom stereocenters. The van der Waals surface area contributed by atoms with Gasteiger partial charge in [0.05, 0.1) is 11.6 Å². The Hall–Kier alpha value is -3.42. The van der Waals surface area contributed by atoms with Gasteiger partial charge < -0.3 is 10.2 Å². The van der Waals surface area contributed by atoms with Crippen LogP contribution in [0.15, 0.2) is 61.1 Å². The summed E-state index contributed by atoms with van der Waals surface area (Å²) in [6, 6.07) is 11.9. The van der Waals surface area contributed by atoms with Crippen LogP contribution in [0.4, 0.5) is 19.0 Å². The number of amides is 1. The predicted octanol–water partition coefficient (Wildman–Crippen LogP) is 5.82. The quantitative estimate of drug-likeness (QED) is 0.512. The molecule has 5 nitrogen and oxygen atoms in total. The molecule has 1 N–H and O–H groups in total. The van der Waals surface area contributed by atoms with E-state index in [0.29, 0.717) is 24.5 Å². The van der Waals surface area contributed by atoms with Gasteiger partial charge in [-0.05, 0) is 67.1 Å². The minimum atomic E-state index is -4.42. The summed E-state index contributed by atoms with van der Waals surface area (Å²) in [6.07, 6.45) is 1.68. The smallest absolute Gasteiger partial charge is 0.368 e. The highest BCUT2D eigenvalue weighted by molar-refractivity contribution is 6.01. The monoisotopic (exact) mass is 468 g/mol. The van der Waals surface area contributed by atoms with Gasteiger partial charge in [-0.2, -0.15) is 13.2 Å². The van der Waals surface area contributed by atoms with Crippen molar-refractivity contribution in [1.82, 2.24) is 14.9 Å². The molecule has 1 aliphatic rings. The maximum Gasteiger partial charge on any atom is 0.417 e. The molecule has 1 aromatic carbocycles. The first-order chi connectivity index (χ1) is 16.2. The zero-order valence-corrected chi connectivity index (χ0v) is 19.1. The first-order valence-electron chi connectivity index (χ1n) is 11.3. The number of likely N-dealkylation sites (tertiary alicyclic amines) is 1. The van der Waals surface area contributed by atoms with Gasteiger partial charge in [-0.1, -0.05) is 24.6 Å². The number of piperidine rings is 1. The summed E-state index contributed by atoms with van der Waals surface area (Å²) in [5, 5.41) is 3.14. The maximum atomic E-state index is 13.8. The molecule has 0 radical (unpaired) electrons. The fraction of sp³-hybridized carbons (Fsp3) is 0.346. The van der Waals surface area contributed by atoms with E-state index in [-0.39, 0.29) is 17.9 Å². The number of halogens is 3. The van der Waals surface area contributed by atoms with Gasteiger partial charge in [0.15, 0.2) is 0 Å². The molecule has 34 heavy (non-hydrogen) atoms. The second-order valence-electron chi connectivity index (χ2n) is 8.78. The lowest BCUT2D eigenvalue weighted by Gasteiger charge is -2.40. The number of rotatable bonds is 5. The third-order valence-electron chi connectivity index (χ3n) is 6.36. The van der Waals surface area contributed by atoms with Crippen LogP contribution in [0.25, 0.3) is 11.1 Å². The minimum absolute atomic E-state index is 0.0470. The van der Waals surface area contributed by atoms with Gasteiger partial charge in [0, 0.05) is 37.2 Å². The van der Waals surface area contributed by atoms with Gasteiger partial charge in [0.1, 0.15) is 5.82 Å². The Kier molecular flexibility index (Phi) is 6.86. The third kappa shape index (κ3) is 5.21. The van der Waals surface area contributed by atoms with Crippen molar-refractivity contribution in [3.8, 4) is 11.1 Å². The number of carbonyl (C=O) groups excluding carboxylic acids is 1. The van der Waals surface area contributed by atoms with Crippen molar-refractivity contribution in [3.05, 3.63) is 77.7 Å². The Morgan fingerprint density at radius 3 is 2.59 bits per heavy atom. The Morgan fingerprint density at radius 2 is 1.91 bits per heavy atom. The van der Waals surface area contributed by atoms with E-state index < -0.39 is 11.7 Å². The van der Waals surface area contributed by atoms with E-state index in [2.05, 4.69) is 22.2 Å². The number of anilines is 1. The number of aryl methyl sites for hydroxylation is 1. The zero-order chi connectivity index (χ0) is 24.3. The van der Waals surface area contributed by atoms with Crippen molar-refractivity contribution in [1.29, 1.82) is 0 Å². The summed E-state index contributed by atoms with van der Waals surface area (Å²) < 4.78 is 38.5. The molecule has 178 valence electrons. The highest BCUT2D eigenvalue weighted by Gasteiger charge is 2.34. The second kappa shape index (κ2) is 9.83. The van der Waals surface area contributed by atoms with Crippen molar-refractivity contribution in [2.75, 3.05) is 18.4 Å². The molecule has 0 bridgehead atoms. The van der Waals surface area contributed by atoms with Crippen LogP contribution in [-0.2, 0) is 6.18 Å². The number of carbonyl (C=O) groups is 1. The molecule has 1 amide bonds. The van der Waals surface area contributed by atoms with Gasteiger partial charge >= 0.3 is 6.18 Å². The van der Waals surface area contributed by atoms with E-state index in [0.717, 1.165) is 41.8 Å². The molecule has 1 aliphatic heterocycles. The lowest BCUT2D eigenvalue weighted by Crippen LogP contribution is -2.51. The van der Waals surface area contributed by atoms with Gasteiger partial charge in [-0.3, -0.25) is 9.78 Å². The summed E-state index contributed by atoms with van der Waals surface area (Å²) in [6.45, 7) is 5.09. The van der Waals surface area contributed by atoms with Crippen molar-refractivity contribution >= 4 is 11.7 Å². The van der Waals surface area contributed by atoms with E-state index in [1.54, 1.807) is 12.4 Å². The standard InChI is InChI=1S/C26H27F3N4O/c1-17-5-7-21(19-9-11-30-12-10-19)22(14-17)25(34)33-13-3-4-18(2)23(33)16-32-24-8-6-20(15-31-24)26(27,28)29/h5-12,14-15,18,23H,3-4,13,16H2,1-2H3,(H,31,32). The Balaban J connectivity index is 1.57. The van der Waals surface area contributed by atoms with Crippen LogP contribution < -0.4 is 5.32 Å². The molecule has 0 aliphatic carbocycles. The van der Waals surface area contributed by atoms with Gasteiger partial charge in [0.2, 0.25) is 0 Å². The summed E-state index contributed by atoms with van der Waals surface area (Å²) in [5.74, 6) is 0.536. The maximum absolute atomic E-state index is 13.8. The molecule has 3 heterocycles. The van der Waals surface area contributed by atoms with Gasteiger partial charge in [-0.25, -0.2) is 4.98 Å². The molecule has 2 unspecified atom stereocenters. The van der Waals surface area contributed by atoms with E-state index in [9.17, 15) is 18.0 Å². The van der Waals surface area contributed by atoms with Crippen molar-refractivity contribution < 1.29 is 18.0 Å². The van der Waals surface area contributed by atoms with Crippen LogP contribution in [0.3, 0.4) is 0 Å². The molecular weight excluding hydrogens is 441 g/mol. The molecule has 1 fully saturated rings. The molecule has 3 aromatic rings. The summed E-state index contributed by atoms with van der Waals surface area (Å²) in [7, 11) is 0. The Labute approximate surface area is 197 Å². The Bertz CT molecular complexity index is 1130. The van der Waals surface area contributed by atoms with Gasteiger partial charge in [-0.15, -0.1) is 0 Å². The van der Waals surface area contributed by atoms with Crippen molar-refractivity contribution in [2.45, 2.75) is 38.9 Å². The second-order valence-corrected chi connectivity index (χ2v) is 8.78. The number of pyridine rings is 2. The van der Waals surface area contributed by atoms with Crippen LogP contribution in [0, 0.1) is 12.8 Å². The summed E-state index contributed by atoms with van der Waals surface area (Å²) in [4.78, 5) is 23.7. The molecule has 8 heteroatoms. The first kappa shape index (κ1) is 23.7. The summed E-state index contributed by atoms with van der Waals surface area (Å²) >= 11 is 0. The molecule has 2 aromatic heterocycles. The normalized spacial score (nSPS) is 18.6. The van der Waals surface area contributed by atoms with E-state index in [1.165, 1.54) is 6.07 Å². The number of hydrogen-bond acceptors (Lipinski definition) is 4. The fourth-order valence-corrected chi connectivity index (χ4v) is 4.46. The highest BCUT2D eigenvalue weighted by Crippen LogP contribution is 2.31. The third-order valence-corrected chi connectivity index (χ3v) is 6.36. The van der Waals surface area contributed by atoms with Crippen LogP contribution in [0.1, 0.15) is 41.3 Å². The number of nitrogens with zero attached hydrogens (tertiary/aromatic N) is 3. The highest BCUT2D eigenvalue weighted by atomic mass is 19.4. The average molecular weight is 469 g/mol. The van der Waals surface area contributed by atoms with E-state index in [1.807, 2.05) is 42.2 Å². The molecule has 1 saturated heterocycles. The van der Waals surface area contributed by atoms with Crippen molar-refractivity contribution in [2.24, 2.45) is 5.92 Å². The average Bonchev–Trinajstić information content (AvgIpc) is 2.83. The summed E-state index contributed by atoms with van der Waals surface area (Å²) in [5.41, 5.74) is 2.62. The number of nitrogens with one attached hydrogen (secondary N) is 1. The molecular formula is C26H27F3N4O. The minimum Gasteiger partial charge on any atom is -0.368 e. The van der Waals surface area contributed by atoms with E-state index in [4.69, 9.17) is 0 Å². The van der Waals surface area contributed by atoms with Crippen LogP contribution in [0.2, 0.25) is 0 Å². The Morgan fingerprint density at radius 1 is 1.15 bits per heavy atom. The first-order valence-corrected chi connectivity index (χ1v) is 11.3.